The number of aromatic nitrogens is 2. The Labute approximate surface area is 113 Å². The highest BCUT2D eigenvalue weighted by atomic mass is 19.1. The summed E-state index contributed by atoms with van der Waals surface area (Å²) < 4.78 is 13.9. The number of benzene rings is 1. The second-order valence-electron chi connectivity index (χ2n) is 4.26. The van der Waals surface area contributed by atoms with Crippen LogP contribution in [0.3, 0.4) is 0 Å². The third-order valence-corrected chi connectivity index (χ3v) is 2.76. The maximum atomic E-state index is 13.9. The predicted molar refractivity (Wildman–Crippen MR) is 69.1 cm³/mol. The molecule has 2 aromatic rings. The van der Waals surface area contributed by atoms with E-state index in [4.69, 9.17) is 0 Å². The smallest absolute Gasteiger partial charge is 0.270 e. The van der Waals surface area contributed by atoms with Crippen LogP contribution in [0.15, 0.2) is 18.3 Å². The van der Waals surface area contributed by atoms with Gasteiger partial charge in [-0.1, -0.05) is 0 Å². The van der Waals surface area contributed by atoms with Gasteiger partial charge in [-0.25, -0.2) is 4.39 Å². The number of nitrogens with one attached hydrogen (secondary N) is 2. The molecule has 0 spiro atoms. The molecule has 20 heavy (non-hydrogen) atoms. The average Bonchev–Trinajstić information content (AvgIpc) is 2.77. The number of halogens is 1. The van der Waals surface area contributed by atoms with Crippen LogP contribution in [-0.4, -0.2) is 21.0 Å². The van der Waals surface area contributed by atoms with Crippen molar-refractivity contribution in [3.05, 3.63) is 51.0 Å². The van der Waals surface area contributed by atoms with E-state index in [-0.39, 0.29) is 16.8 Å². The lowest BCUT2D eigenvalue weighted by Gasteiger charge is -2.07. The molecule has 0 atom stereocenters. The number of carbonyl (C=O) groups excluding carboxylic acids is 1. The third kappa shape index (κ3) is 2.48. The molecule has 2 rings (SSSR count). The van der Waals surface area contributed by atoms with E-state index in [0.29, 0.717) is 11.4 Å². The Bertz CT molecular complexity index is 696. The summed E-state index contributed by atoms with van der Waals surface area (Å²) in [6.45, 7) is 3.06. The Balaban J connectivity index is 2.39. The molecule has 1 aromatic carbocycles. The third-order valence-electron chi connectivity index (χ3n) is 2.76. The molecule has 104 valence electrons. The van der Waals surface area contributed by atoms with Crippen molar-refractivity contribution in [2.24, 2.45) is 0 Å². The molecule has 1 heterocycles. The summed E-state index contributed by atoms with van der Waals surface area (Å²) in [7, 11) is 0. The molecule has 1 amide bonds. The lowest BCUT2D eigenvalue weighted by Crippen LogP contribution is -2.15. The van der Waals surface area contributed by atoms with Gasteiger partial charge in [0.2, 0.25) is 0 Å². The summed E-state index contributed by atoms with van der Waals surface area (Å²) >= 11 is 0. The van der Waals surface area contributed by atoms with Crippen LogP contribution in [-0.2, 0) is 0 Å². The van der Waals surface area contributed by atoms with E-state index in [2.05, 4.69) is 15.5 Å². The molecule has 0 bridgehead atoms. The first kappa shape index (κ1) is 13.7. The summed E-state index contributed by atoms with van der Waals surface area (Å²) in [4.78, 5) is 22.1. The normalized spacial score (nSPS) is 10.3. The summed E-state index contributed by atoms with van der Waals surface area (Å²) in [5, 5.41) is 19.4. The van der Waals surface area contributed by atoms with Crippen LogP contribution >= 0.6 is 0 Å². The molecule has 0 fully saturated rings. The Kier molecular flexibility index (Phi) is 3.47. The summed E-state index contributed by atoms with van der Waals surface area (Å²) in [5.74, 6) is -1.24. The van der Waals surface area contributed by atoms with Crippen LogP contribution in [0.2, 0.25) is 0 Å². The van der Waals surface area contributed by atoms with E-state index in [1.807, 2.05) is 0 Å². The van der Waals surface area contributed by atoms with Gasteiger partial charge in [0.25, 0.3) is 11.6 Å². The number of H-pyrrole nitrogens is 1. The Hall–Kier alpha value is -2.77. The molecule has 8 heteroatoms. The van der Waals surface area contributed by atoms with Crippen LogP contribution in [0.4, 0.5) is 15.9 Å². The number of rotatable bonds is 3. The fourth-order valence-electron chi connectivity index (χ4n) is 1.67. The van der Waals surface area contributed by atoms with E-state index in [1.165, 1.54) is 13.1 Å². The van der Waals surface area contributed by atoms with Crippen molar-refractivity contribution < 1.29 is 14.1 Å². The molecule has 7 nitrogen and oxygen atoms in total. The molecule has 0 saturated carbocycles. The standard InChI is InChI=1S/C12H11FN4O3/c1-6-3-8(17(19)20)4-9(10(6)13)12(18)15-11-7(2)5-14-16-11/h3-5H,1-2H3,(H2,14,15,16,18). The van der Waals surface area contributed by atoms with Crippen molar-refractivity contribution in [1.29, 1.82) is 0 Å². The molecule has 1 aromatic heterocycles. The first-order chi connectivity index (χ1) is 9.40. The maximum Gasteiger partial charge on any atom is 0.270 e. The van der Waals surface area contributed by atoms with Crippen LogP contribution < -0.4 is 5.32 Å². The quantitative estimate of drug-likeness (QED) is 0.664. The van der Waals surface area contributed by atoms with Gasteiger partial charge >= 0.3 is 0 Å². The van der Waals surface area contributed by atoms with Crippen molar-refractivity contribution in [2.45, 2.75) is 13.8 Å². The van der Waals surface area contributed by atoms with Gasteiger partial charge in [-0.15, -0.1) is 0 Å². The number of hydrogen-bond donors (Lipinski definition) is 2. The van der Waals surface area contributed by atoms with Gasteiger partial charge in [-0.3, -0.25) is 20.0 Å². The van der Waals surface area contributed by atoms with Crippen molar-refractivity contribution in [3.63, 3.8) is 0 Å². The van der Waals surface area contributed by atoms with Gasteiger partial charge in [0, 0.05) is 17.7 Å². The Morgan fingerprint density at radius 2 is 2.10 bits per heavy atom. The monoisotopic (exact) mass is 278 g/mol. The van der Waals surface area contributed by atoms with Crippen molar-refractivity contribution in [1.82, 2.24) is 10.2 Å². The predicted octanol–water partition coefficient (Wildman–Crippen LogP) is 2.33. The van der Waals surface area contributed by atoms with Crippen molar-refractivity contribution in [3.8, 4) is 0 Å². The molecule has 0 aliphatic carbocycles. The van der Waals surface area contributed by atoms with Gasteiger partial charge < -0.3 is 5.32 Å². The molecular weight excluding hydrogens is 267 g/mol. The highest BCUT2D eigenvalue weighted by Gasteiger charge is 2.20. The van der Waals surface area contributed by atoms with Crippen LogP contribution in [0.5, 0.6) is 0 Å². The van der Waals surface area contributed by atoms with Crippen LogP contribution in [0, 0.1) is 29.8 Å². The Morgan fingerprint density at radius 1 is 1.40 bits per heavy atom. The number of aryl methyl sites for hydroxylation is 2. The van der Waals surface area contributed by atoms with E-state index < -0.39 is 16.6 Å². The average molecular weight is 278 g/mol. The molecule has 0 unspecified atom stereocenters. The second kappa shape index (κ2) is 5.08. The number of hydrogen-bond acceptors (Lipinski definition) is 4. The highest BCUT2D eigenvalue weighted by Crippen LogP contribution is 2.22. The number of aromatic amines is 1. The molecule has 0 aliphatic heterocycles. The van der Waals surface area contributed by atoms with Gasteiger partial charge in [0.1, 0.15) is 11.6 Å². The molecule has 0 aliphatic rings. The van der Waals surface area contributed by atoms with Crippen molar-refractivity contribution in [2.75, 3.05) is 5.32 Å². The van der Waals surface area contributed by atoms with E-state index in [9.17, 15) is 19.3 Å². The summed E-state index contributed by atoms with van der Waals surface area (Å²) in [6, 6.07) is 1.98. The van der Waals surface area contributed by atoms with Gasteiger partial charge in [0.05, 0.1) is 16.7 Å². The number of non-ortho nitro benzene ring substituents is 1. The first-order valence-corrected chi connectivity index (χ1v) is 5.66. The first-order valence-electron chi connectivity index (χ1n) is 5.66. The fraction of sp³-hybridized carbons (Fsp3) is 0.167. The van der Waals surface area contributed by atoms with E-state index in [1.54, 1.807) is 6.92 Å². The minimum atomic E-state index is -0.787. The van der Waals surface area contributed by atoms with Crippen molar-refractivity contribution >= 4 is 17.4 Å². The molecule has 2 N–H and O–H groups in total. The fourth-order valence-corrected chi connectivity index (χ4v) is 1.67. The zero-order chi connectivity index (χ0) is 14.9. The molecule has 0 saturated heterocycles. The number of nitrogens with zero attached hydrogens (tertiary/aromatic N) is 2. The topological polar surface area (TPSA) is 101 Å². The number of carbonyl (C=O) groups is 1. The number of nitro groups is 1. The summed E-state index contributed by atoms with van der Waals surface area (Å²) in [5.41, 5.74) is -0.0207. The van der Waals surface area contributed by atoms with Crippen LogP contribution in [0.25, 0.3) is 0 Å². The second-order valence-corrected chi connectivity index (χ2v) is 4.26. The number of amides is 1. The number of anilines is 1. The van der Waals surface area contributed by atoms with E-state index >= 15 is 0 Å². The Morgan fingerprint density at radius 3 is 2.65 bits per heavy atom. The SMILES string of the molecule is Cc1cn[nH]c1NC(=O)c1cc([N+](=O)[O-])cc(C)c1F. The highest BCUT2D eigenvalue weighted by molar-refractivity contribution is 6.04. The lowest BCUT2D eigenvalue weighted by molar-refractivity contribution is -0.385. The lowest BCUT2D eigenvalue weighted by atomic mass is 10.1. The minimum absolute atomic E-state index is 0.0330. The molecule has 0 radical (unpaired) electrons. The zero-order valence-electron chi connectivity index (χ0n) is 10.7. The maximum absolute atomic E-state index is 13.9. The van der Waals surface area contributed by atoms with Gasteiger partial charge in [-0.2, -0.15) is 5.10 Å². The largest absolute Gasteiger partial charge is 0.307 e. The summed E-state index contributed by atoms with van der Waals surface area (Å²) in [6.07, 6.45) is 1.49. The van der Waals surface area contributed by atoms with Gasteiger partial charge in [0.15, 0.2) is 0 Å². The zero-order valence-corrected chi connectivity index (χ0v) is 10.7. The minimum Gasteiger partial charge on any atom is -0.307 e. The van der Waals surface area contributed by atoms with Crippen LogP contribution in [0.1, 0.15) is 21.5 Å². The number of nitro benzene ring substituents is 1. The van der Waals surface area contributed by atoms with Gasteiger partial charge in [-0.05, 0) is 19.4 Å². The molecular formula is C12H11FN4O3. The van der Waals surface area contributed by atoms with E-state index in [0.717, 1.165) is 12.1 Å².